The highest BCUT2D eigenvalue weighted by molar-refractivity contribution is 6.09. The summed E-state index contributed by atoms with van der Waals surface area (Å²) in [5.41, 5.74) is 2.08. The van der Waals surface area contributed by atoms with Crippen molar-refractivity contribution in [3.63, 3.8) is 0 Å². The molecule has 2 fully saturated rings. The van der Waals surface area contributed by atoms with Gasteiger partial charge < -0.3 is 33.5 Å². The van der Waals surface area contributed by atoms with Crippen LogP contribution in [0.25, 0.3) is 28.0 Å². The normalized spacial score (nSPS) is 19.3. The summed E-state index contributed by atoms with van der Waals surface area (Å²) in [6.45, 7) is 2.27. The van der Waals surface area contributed by atoms with Crippen molar-refractivity contribution < 1.29 is 47.9 Å². The van der Waals surface area contributed by atoms with E-state index in [0.717, 1.165) is 54.2 Å². The quantitative estimate of drug-likeness (QED) is 0.0604. The Balaban J connectivity index is 0.984. The average Bonchev–Trinajstić information content (AvgIpc) is 3.41. The monoisotopic (exact) mass is 942 g/mol. The summed E-state index contributed by atoms with van der Waals surface area (Å²) >= 11 is 0. The van der Waals surface area contributed by atoms with Gasteiger partial charge in [0.15, 0.2) is 5.60 Å². The van der Waals surface area contributed by atoms with Crippen LogP contribution in [0, 0.1) is 23.7 Å². The van der Waals surface area contributed by atoms with Crippen molar-refractivity contribution in [2.75, 3.05) is 21.3 Å². The molecule has 0 amide bonds. The molecule has 6 aromatic carbocycles. The lowest BCUT2D eigenvalue weighted by atomic mass is 9.68. The molecule has 0 unspecified atom stereocenters. The molecule has 362 valence electrons. The van der Waals surface area contributed by atoms with Crippen molar-refractivity contribution in [3.8, 4) is 45.6 Å². The van der Waals surface area contributed by atoms with Crippen molar-refractivity contribution in [3.05, 3.63) is 149 Å². The first-order valence-electron chi connectivity index (χ1n) is 24.8. The Hall–Kier alpha value is -7.07. The average molecular weight is 943 g/mol. The summed E-state index contributed by atoms with van der Waals surface area (Å²) in [6.07, 6.45) is 17.9. The minimum absolute atomic E-state index is 0.0923. The summed E-state index contributed by atoms with van der Waals surface area (Å²) in [5, 5.41) is 12.5. The molecule has 0 spiro atoms. The van der Waals surface area contributed by atoms with Gasteiger partial charge in [-0.1, -0.05) is 100 Å². The van der Waals surface area contributed by atoms with Crippen LogP contribution in [0.5, 0.6) is 34.5 Å². The number of phenolic OH excluding ortho intramolecular Hbond substituents is 1. The van der Waals surface area contributed by atoms with E-state index in [-0.39, 0.29) is 45.6 Å². The van der Waals surface area contributed by atoms with E-state index in [4.69, 9.17) is 28.4 Å². The minimum Gasteiger partial charge on any atom is -0.506 e. The SMILES string of the molecule is CCCCCC1CCC(C2CCC(C(=O)Oc3ccc(-c4ccccc4)c(C(=O)Oc4ccc5c6c(c(C(=O)OC)c(O)c5c4)C=CC(c4ccc(OC)cc4)(c4ccc(OC)cc4)O6)c3)CC2)CC1. The van der Waals surface area contributed by atoms with Crippen LogP contribution in [0.2, 0.25) is 0 Å². The number of benzene rings is 6. The molecular weight excluding hydrogens is 881 g/mol. The maximum Gasteiger partial charge on any atom is 0.344 e. The number of hydrogen-bond acceptors (Lipinski definition) is 10. The molecule has 3 aliphatic rings. The number of fused-ring (bicyclic) bond motifs is 3. The van der Waals surface area contributed by atoms with E-state index >= 15 is 0 Å². The van der Waals surface area contributed by atoms with Crippen LogP contribution >= 0.6 is 0 Å². The third kappa shape index (κ3) is 9.87. The van der Waals surface area contributed by atoms with E-state index in [1.54, 1.807) is 50.6 Å². The second-order valence-electron chi connectivity index (χ2n) is 19.1. The molecule has 9 rings (SSSR count). The van der Waals surface area contributed by atoms with Gasteiger partial charge in [0.25, 0.3) is 0 Å². The Kier molecular flexibility index (Phi) is 14.6. The number of esters is 3. The molecule has 10 nitrogen and oxygen atoms in total. The van der Waals surface area contributed by atoms with Crippen molar-refractivity contribution in [2.45, 2.75) is 89.6 Å². The van der Waals surface area contributed by atoms with Gasteiger partial charge in [0.05, 0.1) is 32.8 Å². The molecule has 0 saturated heterocycles. The van der Waals surface area contributed by atoms with Crippen LogP contribution in [0.15, 0.2) is 121 Å². The Bertz CT molecular complexity index is 2800. The lowest BCUT2D eigenvalue weighted by molar-refractivity contribution is -0.140. The number of carbonyl (C=O) groups excluding carboxylic acids is 3. The van der Waals surface area contributed by atoms with E-state index in [1.165, 1.54) is 64.5 Å². The van der Waals surface area contributed by atoms with E-state index in [0.29, 0.717) is 39.7 Å². The third-order valence-corrected chi connectivity index (χ3v) is 15.0. The predicted molar refractivity (Wildman–Crippen MR) is 271 cm³/mol. The van der Waals surface area contributed by atoms with E-state index in [2.05, 4.69) is 6.92 Å². The summed E-state index contributed by atoms with van der Waals surface area (Å²) < 4.78 is 35.4. The lowest BCUT2D eigenvalue weighted by Gasteiger charge is -2.37. The van der Waals surface area contributed by atoms with Gasteiger partial charge >= 0.3 is 17.9 Å². The predicted octanol–water partition coefficient (Wildman–Crippen LogP) is 13.7. The molecule has 70 heavy (non-hydrogen) atoms. The molecule has 6 aromatic rings. The fraction of sp³-hybridized carbons (Fsp3) is 0.350. The van der Waals surface area contributed by atoms with Gasteiger partial charge in [-0.25, -0.2) is 9.59 Å². The number of unbranched alkanes of at least 4 members (excludes halogenated alkanes) is 2. The molecule has 0 radical (unpaired) electrons. The molecule has 1 heterocycles. The zero-order valence-corrected chi connectivity index (χ0v) is 40.5. The number of phenols is 1. The first-order valence-corrected chi connectivity index (χ1v) is 24.8. The second kappa shape index (κ2) is 21.3. The molecule has 0 bridgehead atoms. The summed E-state index contributed by atoms with van der Waals surface area (Å²) in [7, 11) is 4.44. The molecule has 0 atom stereocenters. The van der Waals surface area contributed by atoms with Crippen molar-refractivity contribution in [1.29, 1.82) is 0 Å². The largest absolute Gasteiger partial charge is 0.506 e. The van der Waals surface area contributed by atoms with Crippen LogP contribution in [0.3, 0.4) is 0 Å². The van der Waals surface area contributed by atoms with Gasteiger partial charge in [-0.05, 0) is 140 Å². The van der Waals surface area contributed by atoms with Gasteiger partial charge in [-0.3, -0.25) is 4.79 Å². The summed E-state index contributed by atoms with van der Waals surface area (Å²) in [5.74, 6) is 1.94. The summed E-state index contributed by atoms with van der Waals surface area (Å²) in [4.78, 5) is 41.7. The van der Waals surface area contributed by atoms with Gasteiger partial charge in [-0.2, -0.15) is 0 Å². The van der Waals surface area contributed by atoms with Crippen LogP contribution in [-0.2, 0) is 15.1 Å². The number of rotatable bonds is 15. The van der Waals surface area contributed by atoms with Crippen LogP contribution in [0.4, 0.5) is 0 Å². The zero-order chi connectivity index (χ0) is 48.8. The van der Waals surface area contributed by atoms with Crippen LogP contribution in [0.1, 0.15) is 121 Å². The maximum atomic E-state index is 14.4. The molecule has 0 aromatic heterocycles. The first-order chi connectivity index (χ1) is 34.1. The molecule has 10 heteroatoms. The Morgan fingerprint density at radius 2 is 1.24 bits per heavy atom. The molecule has 1 aliphatic heterocycles. The fourth-order valence-electron chi connectivity index (χ4n) is 11.1. The second-order valence-corrected chi connectivity index (χ2v) is 19.1. The van der Waals surface area contributed by atoms with Crippen molar-refractivity contribution in [1.82, 2.24) is 0 Å². The molecular formula is C60H62O10. The van der Waals surface area contributed by atoms with Crippen LogP contribution < -0.4 is 23.7 Å². The number of hydrogen-bond donors (Lipinski definition) is 1. The Morgan fingerprint density at radius 3 is 1.86 bits per heavy atom. The smallest absolute Gasteiger partial charge is 0.344 e. The fourth-order valence-corrected chi connectivity index (χ4v) is 11.1. The first kappa shape index (κ1) is 48.0. The highest BCUT2D eigenvalue weighted by Crippen LogP contribution is 2.50. The van der Waals surface area contributed by atoms with Crippen LogP contribution in [-0.4, -0.2) is 44.3 Å². The summed E-state index contributed by atoms with van der Waals surface area (Å²) in [6, 6.07) is 34.3. The number of aromatic hydroxyl groups is 1. The van der Waals surface area contributed by atoms with E-state index < -0.39 is 17.5 Å². The third-order valence-electron chi connectivity index (χ3n) is 15.0. The topological polar surface area (TPSA) is 127 Å². The molecule has 1 N–H and O–H groups in total. The number of carbonyl (C=O) groups is 3. The minimum atomic E-state index is -1.21. The van der Waals surface area contributed by atoms with Gasteiger partial charge in [0.2, 0.25) is 0 Å². The lowest BCUT2D eigenvalue weighted by Crippen LogP contribution is -2.34. The van der Waals surface area contributed by atoms with Crippen molar-refractivity contribution in [2.24, 2.45) is 23.7 Å². The van der Waals surface area contributed by atoms with Gasteiger partial charge in [0.1, 0.15) is 40.1 Å². The van der Waals surface area contributed by atoms with Crippen molar-refractivity contribution >= 4 is 34.8 Å². The van der Waals surface area contributed by atoms with Gasteiger partial charge in [-0.15, -0.1) is 0 Å². The number of methoxy groups -OCH3 is 3. The standard InChI is InChI=1S/C60H62O10/c1-5-6-8-11-38-14-16-39(17-15-38)40-18-20-42(21-19-40)57(62)68-48-30-32-49(41-12-9-7-10-13-41)53(37-48)58(63)69-47-31-33-50-52(36-47)55(61)54(59(64)67-4)51-34-35-60(70-56(50)51,43-22-26-45(65-2)27-23-43)44-24-28-46(66-3)29-25-44/h7,9-10,12-13,22-40,42,61H,5-6,8,11,14-21H2,1-4H3. The number of ether oxygens (including phenoxy) is 6. The molecule has 2 saturated carbocycles. The Morgan fingerprint density at radius 1 is 0.643 bits per heavy atom. The van der Waals surface area contributed by atoms with E-state index in [9.17, 15) is 19.5 Å². The zero-order valence-electron chi connectivity index (χ0n) is 40.5. The highest BCUT2D eigenvalue weighted by Gasteiger charge is 2.40. The maximum absolute atomic E-state index is 14.4. The van der Waals surface area contributed by atoms with Gasteiger partial charge in [0, 0.05) is 27.5 Å². The highest BCUT2D eigenvalue weighted by atomic mass is 16.5. The Labute approximate surface area is 410 Å². The van der Waals surface area contributed by atoms with E-state index in [1.807, 2.05) is 84.9 Å². The molecule has 2 aliphatic carbocycles.